The van der Waals surface area contributed by atoms with Gasteiger partial charge in [-0.15, -0.1) is 11.3 Å². The highest BCUT2D eigenvalue weighted by atomic mass is 32.1. The number of hydrogen-bond donors (Lipinski definition) is 2. The van der Waals surface area contributed by atoms with Crippen molar-refractivity contribution in [3.8, 4) is 6.07 Å². The molecule has 0 bridgehead atoms. The average molecular weight is 442 g/mol. The quantitative estimate of drug-likeness (QED) is 0.396. The van der Waals surface area contributed by atoms with E-state index in [9.17, 15) is 10.1 Å². The second-order valence-electron chi connectivity index (χ2n) is 8.05. The maximum Gasteiger partial charge on any atom is 0.246 e. The number of hydrogen-bond acceptors (Lipinski definition) is 5. The van der Waals surface area contributed by atoms with E-state index in [1.54, 1.807) is 12.3 Å². The third-order valence-electron chi connectivity index (χ3n) is 6.02. The van der Waals surface area contributed by atoms with Crippen molar-refractivity contribution in [2.75, 3.05) is 18.4 Å². The van der Waals surface area contributed by atoms with Gasteiger partial charge < -0.3 is 15.2 Å². The highest BCUT2D eigenvalue weighted by molar-refractivity contribution is 7.19. The van der Waals surface area contributed by atoms with Crippen LogP contribution >= 0.6 is 11.3 Å². The zero-order chi connectivity index (χ0) is 22.1. The summed E-state index contributed by atoms with van der Waals surface area (Å²) in [4.78, 5) is 23.9. The predicted molar refractivity (Wildman–Crippen MR) is 130 cm³/mol. The molecule has 1 aromatic carbocycles. The van der Waals surface area contributed by atoms with Crippen molar-refractivity contribution >= 4 is 55.8 Å². The van der Waals surface area contributed by atoms with Crippen LogP contribution < -0.4 is 5.32 Å². The van der Waals surface area contributed by atoms with E-state index in [4.69, 9.17) is 0 Å². The fourth-order valence-electron chi connectivity index (χ4n) is 4.24. The lowest BCUT2D eigenvalue weighted by Gasteiger charge is -2.25. The average Bonchev–Trinajstić information content (AvgIpc) is 3.47. The van der Waals surface area contributed by atoms with Crippen molar-refractivity contribution in [3.63, 3.8) is 0 Å². The van der Waals surface area contributed by atoms with E-state index >= 15 is 0 Å². The van der Waals surface area contributed by atoms with E-state index in [0.29, 0.717) is 5.56 Å². The Morgan fingerprint density at radius 1 is 1.25 bits per heavy atom. The lowest BCUT2D eigenvalue weighted by atomic mass is 10.1. The Bertz CT molecular complexity index is 1380. The number of piperidine rings is 1. The summed E-state index contributed by atoms with van der Waals surface area (Å²) in [6.07, 6.45) is 10.4. The molecule has 2 N–H and O–H groups in total. The molecule has 1 aliphatic heterocycles. The first-order valence-corrected chi connectivity index (χ1v) is 11.6. The fraction of sp³-hybridized carbons (Fsp3) is 0.240. The number of nitriles is 1. The van der Waals surface area contributed by atoms with Gasteiger partial charge in [-0.2, -0.15) is 5.26 Å². The number of benzene rings is 1. The summed E-state index contributed by atoms with van der Waals surface area (Å²) >= 11 is 1.51. The molecule has 4 aromatic rings. The van der Waals surface area contributed by atoms with Gasteiger partial charge in [0.25, 0.3) is 0 Å². The summed E-state index contributed by atoms with van der Waals surface area (Å²) in [6.45, 7) is 3.74. The normalized spacial score (nSPS) is 14.3. The predicted octanol–water partition coefficient (Wildman–Crippen LogP) is 5.73. The van der Waals surface area contributed by atoms with Gasteiger partial charge in [-0.1, -0.05) is 0 Å². The van der Waals surface area contributed by atoms with Crippen molar-refractivity contribution in [1.29, 1.82) is 5.26 Å². The zero-order valence-corrected chi connectivity index (χ0v) is 18.6. The molecular formula is C25H23N5OS. The number of thiophene rings is 1. The standard InChI is InChI=1S/C25H23N5OS/c1-16-19-9-10-27-22(19)7-6-21(16)29-24-17(14-26)15-28-25-20(24)13-18(32-25)5-8-23(31)30-11-3-2-4-12-30/h5-10,13,15,27H,2-4,11-12H2,1H3,(H,28,29)/b8-5+. The van der Waals surface area contributed by atoms with Crippen LogP contribution in [0.15, 0.2) is 42.7 Å². The number of rotatable bonds is 4. The number of fused-ring (bicyclic) bond motifs is 2. The van der Waals surface area contributed by atoms with Crippen molar-refractivity contribution < 1.29 is 4.79 Å². The first-order chi connectivity index (χ1) is 15.6. The Kier molecular flexibility index (Phi) is 5.38. The monoisotopic (exact) mass is 441 g/mol. The minimum absolute atomic E-state index is 0.0570. The molecule has 7 heteroatoms. The number of amides is 1. The molecule has 0 aliphatic carbocycles. The number of carbonyl (C=O) groups excluding carboxylic acids is 1. The Labute approximate surface area is 190 Å². The second-order valence-corrected chi connectivity index (χ2v) is 9.11. The Morgan fingerprint density at radius 2 is 2.09 bits per heavy atom. The highest BCUT2D eigenvalue weighted by Gasteiger charge is 2.16. The molecule has 5 rings (SSSR count). The van der Waals surface area contributed by atoms with Crippen LogP contribution in [-0.2, 0) is 4.79 Å². The number of aromatic amines is 1. The fourth-order valence-corrected chi connectivity index (χ4v) is 5.15. The van der Waals surface area contributed by atoms with Crippen LogP contribution in [0.2, 0.25) is 0 Å². The SMILES string of the molecule is Cc1c(Nc2c(C#N)cnc3sc(/C=C/C(=O)N4CCCCC4)cc23)ccc2[nH]ccc12. The van der Waals surface area contributed by atoms with Crippen molar-refractivity contribution in [3.05, 3.63) is 58.7 Å². The molecule has 4 heterocycles. The molecule has 0 saturated carbocycles. The summed E-state index contributed by atoms with van der Waals surface area (Å²) in [7, 11) is 0. The largest absolute Gasteiger partial charge is 0.361 e. The molecule has 6 nitrogen and oxygen atoms in total. The van der Waals surface area contributed by atoms with Gasteiger partial charge in [0, 0.05) is 58.4 Å². The van der Waals surface area contributed by atoms with Gasteiger partial charge in [0.1, 0.15) is 10.9 Å². The lowest BCUT2D eigenvalue weighted by Crippen LogP contribution is -2.34. The van der Waals surface area contributed by atoms with Crippen molar-refractivity contribution in [1.82, 2.24) is 14.9 Å². The number of H-pyrrole nitrogens is 1. The van der Waals surface area contributed by atoms with Gasteiger partial charge >= 0.3 is 0 Å². The first kappa shape index (κ1) is 20.3. The van der Waals surface area contributed by atoms with E-state index in [0.717, 1.165) is 68.9 Å². The van der Waals surface area contributed by atoms with Gasteiger partial charge in [-0.25, -0.2) is 4.98 Å². The third-order valence-corrected chi connectivity index (χ3v) is 7.03. The zero-order valence-electron chi connectivity index (χ0n) is 17.8. The van der Waals surface area contributed by atoms with E-state index in [2.05, 4.69) is 34.3 Å². The topological polar surface area (TPSA) is 84.8 Å². The molecule has 3 aromatic heterocycles. The molecule has 1 saturated heterocycles. The number of anilines is 2. The molecule has 0 radical (unpaired) electrons. The lowest BCUT2D eigenvalue weighted by molar-refractivity contribution is -0.126. The van der Waals surface area contributed by atoms with Gasteiger partial charge in [0.05, 0.1) is 11.3 Å². The maximum atomic E-state index is 12.5. The highest BCUT2D eigenvalue weighted by Crippen LogP contribution is 2.36. The van der Waals surface area contributed by atoms with Crippen molar-refractivity contribution in [2.24, 2.45) is 0 Å². The van der Waals surface area contributed by atoms with E-state index in [1.165, 1.54) is 17.8 Å². The van der Waals surface area contributed by atoms with Crippen LogP contribution in [0, 0.1) is 18.3 Å². The molecule has 0 spiro atoms. The second kappa shape index (κ2) is 8.48. The molecule has 1 amide bonds. The summed E-state index contributed by atoms with van der Waals surface area (Å²) < 4.78 is 0. The molecular weight excluding hydrogens is 418 g/mol. The molecule has 32 heavy (non-hydrogen) atoms. The number of likely N-dealkylation sites (tertiary alicyclic amines) is 1. The molecule has 1 aliphatic rings. The van der Waals surface area contributed by atoms with Crippen LogP contribution in [0.4, 0.5) is 11.4 Å². The number of aromatic nitrogens is 2. The number of aryl methyl sites for hydroxylation is 1. The van der Waals surface area contributed by atoms with Gasteiger partial charge in [0.15, 0.2) is 0 Å². The minimum atomic E-state index is 0.0570. The Hall–Kier alpha value is -3.63. The maximum absolute atomic E-state index is 12.5. The summed E-state index contributed by atoms with van der Waals surface area (Å²) in [5.41, 5.74) is 4.37. The van der Waals surface area contributed by atoms with Crippen LogP contribution in [0.5, 0.6) is 0 Å². The van der Waals surface area contributed by atoms with Gasteiger partial charge in [-0.3, -0.25) is 4.79 Å². The number of nitrogens with one attached hydrogen (secondary N) is 2. The molecule has 0 atom stereocenters. The molecule has 160 valence electrons. The van der Waals surface area contributed by atoms with E-state index < -0.39 is 0 Å². The number of carbonyl (C=O) groups is 1. The summed E-state index contributed by atoms with van der Waals surface area (Å²) in [5, 5.41) is 15.2. The van der Waals surface area contributed by atoms with Gasteiger partial charge in [-0.05, 0) is 62.1 Å². The molecule has 1 fully saturated rings. The number of pyridine rings is 1. The third kappa shape index (κ3) is 3.74. The smallest absolute Gasteiger partial charge is 0.246 e. The minimum Gasteiger partial charge on any atom is -0.361 e. The van der Waals surface area contributed by atoms with E-state index in [-0.39, 0.29) is 5.91 Å². The van der Waals surface area contributed by atoms with Gasteiger partial charge in [0.2, 0.25) is 5.91 Å². The molecule has 0 unspecified atom stereocenters. The summed E-state index contributed by atoms with van der Waals surface area (Å²) in [6, 6.07) is 10.4. The number of nitrogens with zero attached hydrogens (tertiary/aromatic N) is 3. The van der Waals surface area contributed by atoms with Crippen LogP contribution in [0.3, 0.4) is 0 Å². The Balaban J connectivity index is 1.48. The first-order valence-electron chi connectivity index (χ1n) is 10.8. The van der Waals surface area contributed by atoms with Crippen molar-refractivity contribution in [2.45, 2.75) is 26.2 Å². The van der Waals surface area contributed by atoms with Crippen LogP contribution in [0.1, 0.15) is 35.3 Å². The van der Waals surface area contributed by atoms with E-state index in [1.807, 2.05) is 35.4 Å². The Morgan fingerprint density at radius 3 is 2.91 bits per heavy atom. The van der Waals surface area contributed by atoms with Crippen LogP contribution in [0.25, 0.3) is 27.2 Å². The van der Waals surface area contributed by atoms with Crippen LogP contribution in [-0.4, -0.2) is 33.9 Å². The summed E-state index contributed by atoms with van der Waals surface area (Å²) in [5.74, 6) is 0.0570.